The third kappa shape index (κ3) is 5.92. The van der Waals surface area contributed by atoms with Crippen LogP contribution in [0.4, 0.5) is 28.4 Å². The molecule has 1 aliphatic heterocycles. The summed E-state index contributed by atoms with van der Waals surface area (Å²) in [6.45, 7) is 10.00. The molecule has 0 bridgehead atoms. The first kappa shape index (κ1) is 35.2. The molecule has 0 N–H and O–H groups in total. The van der Waals surface area contributed by atoms with E-state index in [9.17, 15) is 0 Å². The monoisotopic (exact) mass is 774 g/mol. The zero-order valence-corrected chi connectivity index (χ0v) is 34.0. The lowest BCUT2D eigenvalue weighted by Crippen LogP contribution is -2.18. The number of benzene rings is 8. The van der Waals surface area contributed by atoms with Gasteiger partial charge in [0.15, 0.2) is 0 Å². The quantitative estimate of drug-likeness (QED) is 0.172. The van der Waals surface area contributed by atoms with E-state index in [0.717, 1.165) is 46.1 Å². The van der Waals surface area contributed by atoms with Gasteiger partial charge in [0.05, 0.1) is 0 Å². The maximum atomic E-state index is 4.50. The van der Waals surface area contributed by atoms with Crippen LogP contribution in [0.3, 0.4) is 0 Å². The second kappa shape index (κ2) is 13.9. The molecule has 0 saturated carbocycles. The summed E-state index contributed by atoms with van der Waals surface area (Å²) in [5.41, 5.74) is 15.5. The van der Waals surface area contributed by atoms with Crippen molar-refractivity contribution in [2.45, 2.75) is 19.3 Å². The summed E-state index contributed by atoms with van der Waals surface area (Å²) in [6, 6.07) is 62.9. The molecule has 282 valence electrons. The standard InChI is InChI=1S/C56H42N2S/c1-37-14-6-5-13-31-57(42-15-7-4-8-16-42)53-29-24-41(34-49(37)53)38-21-22-40-33-43(25-23-39(40)32-38)58(44-27-30-55-50(35-44)48-18-10-12-20-54(48)59-55)45-26-28-47-46-17-9-11-19-51(46)56(2,3)52(47)36-45/h4-30,32-36H,1,31H2,2-3H3/b13-5-,14-6-. The number of allylic oxidation sites excluding steroid dienone is 4. The molecule has 0 spiro atoms. The summed E-state index contributed by atoms with van der Waals surface area (Å²) in [4.78, 5) is 4.81. The fourth-order valence-corrected chi connectivity index (χ4v) is 10.4. The van der Waals surface area contributed by atoms with Crippen molar-refractivity contribution < 1.29 is 0 Å². The first-order valence-corrected chi connectivity index (χ1v) is 21.2. The lowest BCUT2D eigenvalue weighted by atomic mass is 9.82. The fourth-order valence-electron chi connectivity index (χ4n) is 9.35. The lowest BCUT2D eigenvalue weighted by molar-refractivity contribution is 0.660. The highest BCUT2D eigenvalue weighted by molar-refractivity contribution is 7.25. The molecule has 0 fully saturated rings. The molecule has 3 heteroatoms. The maximum absolute atomic E-state index is 4.50. The van der Waals surface area contributed by atoms with Crippen molar-refractivity contribution in [3.8, 4) is 22.3 Å². The average molecular weight is 775 g/mol. The van der Waals surface area contributed by atoms with Crippen LogP contribution in [0, 0.1) is 0 Å². The van der Waals surface area contributed by atoms with Crippen molar-refractivity contribution in [1.82, 2.24) is 0 Å². The van der Waals surface area contributed by atoms with E-state index < -0.39 is 0 Å². The van der Waals surface area contributed by atoms with E-state index in [-0.39, 0.29) is 5.41 Å². The molecule has 1 aliphatic carbocycles. The zero-order chi connectivity index (χ0) is 39.7. The van der Waals surface area contributed by atoms with E-state index in [0.29, 0.717) is 0 Å². The van der Waals surface area contributed by atoms with Gasteiger partial charge in [-0.2, -0.15) is 0 Å². The van der Waals surface area contributed by atoms with Crippen molar-refractivity contribution >= 4 is 76.3 Å². The summed E-state index contributed by atoms with van der Waals surface area (Å²) in [5.74, 6) is 0. The van der Waals surface area contributed by atoms with Gasteiger partial charge in [-0.3, -0.25) is 0 Å². The summed E-state index contributed by atoms with van der Waals surface area (Å²) in [5, 5.41) is 5.00. The van der Waals surface area contributed by atoms with E-state index in [2.05, 4.69) is 224 Å². The van der Waals surface area contributed by atoms with Crippen LogP contribution in [-0.2, 0) is 5.41 Å². The molecule has 2 nitrogen and oxygen atoms in total. The Morgan fingerprint density at radius 2 is 1.22 bits per heavy atom. The van der Waals surface area contributed by atoms with Gasteiger partial charge < -0.3 is 9.80 Å². The Hall–Kier alpha value is -6.94. The van der Waals surface area contributed by atoms with Crippen LogP contribution in [0.15, 0.2) is 201 Å². The van der Waals surface area contributed by atoms with E-state index in [1.54, 1.807) is 0 Å². The van der Waals surface area contributed by atoms with Gasteiger partial charge >= 0.3 is 0 Å². The van der Waals surface area contributed by atoms with Crippen molar-refractivity contribution in [2.24, 2.45) is 0 Å². The number of rotatable bonds is 5. The highest BCUT2D eigenvalue weighted by Crippen LogP contribution is 2.51. The lowest BCUT2D eigenvalue weighted by Gasteiger charge is -2.28. The predicted octanol–water partition coefficient (Wildman–Crippen LogP) is 15.9. The average Bonchev–Trinajstić information content (AvgIpc) is 3.78. The first-order valence-electron chi connectivity index (χ1n) is 20.4. The van der Waals surface area contributed by atoms with Gasteiger partial charge in [0.1, 0.15) is 0 Å². The Kier molecular flexibility index (Phi) is 8.28. The third-order valence-corrected chi connectivity index (χ3v) is 13.5. The van der Waals surface area contributed by atoms with Crippen molar-refractivity contribution in [3.05, 3.63) is 217 Å². The van der Waals surface area contributed by atoms with E-state index in [1.807, 2.05) is 11.3 Å². The minimum absolute atomic E-state index is 0.103. The minimum atomic E-state index is -0.103. The Balaban J connectivity index is 1.02. The summed E-state index contributed by atoms with van der Waals surface area (Å²) in [7, 11) is 0. The molecule has 0 saturated heterocycles. The summed E-state index contributed by atoms with van der Waals surface area (Å²) < 4.78 is 2.62. The van der Waals surface area contributed by atoms with Crippen molar-refractivity contribution in [1.29, 1.82) is 0 Å². The van der Waals surface area contributed by atoms with Gasteiger partial charge in [-0.25, -0.2) is 0 Å². The SMILES string of the molecule is C=C1/C=C\C=C/CN(c2ccccc2)c2ccc(-c3ccc4cc(N(c5ccc6c(c5)C(C)(C)c5ccccc5-6)c5ccc6sc7ccccc7c6c5)ccc4c3)cc21. The van der Waals surface area contributed by atoms with Crippen LogP contribution < -0.4 is 9.80 Å². The van der Waals surface area contributed by atoms with E-state index in [1.165, 1.54) is 64.3 Å². The highest BCUT2D eigenvalue weighted by atomic mass is 32.1. The molecule has 59 heavy (non-hydrogen) atoms. The Morgan fingerprint density at radius 1 is 0.542 bits per heavy atom. The number of hydrogen-bond acceptors (Lipinski definition) is 3. The number of hydrogen-bond donors (Lipinski definition) is 0. The minimum Gasteiger partial charge on any atom is -0.337 e. The molecule has 8 aromatic carbocycles. The molecule has 9 aromatic rings. The predicted molar refractivity (Wildman–Crippen MR) is 255 cm³/mol. The number of fused-ring (bicyclic) bond motifs is 8. The van der Waals surface area contributed by atoms with Gasteiger partial charge in [0.2, 0.25) is 0 Å². The fraction of sp³-hybridized carbons (Fsp3) is 0.0714. The Bertz CT molecular complexity index is 3200. The van der Waals surface area contributed by atoms with Crippen molar-refractivity contribution in [3.63, 3.8) is 0 Å². The Labute approximate surface area is 349 Å². The second-order valence-electron chi connectivity index (χ2n) is 16.3. The normalized spacial score (nSPS) is 15.3. The molecular formula is C56H42N2S. The summed E-state index contributed by atoms with van der Waals surface area (Å²) in [6.07, 6.45) is 8.51. The van der Waals surface area contributed by atoms with Crippen LogP contribution in [0.2, 0.25) is 0 Å². The van der Waals surface area contributed by atoms with E-state index >= 15 is 0 Å². The van der Waals surface area contributed by atoms with E-state index in [4.69, 9.17) is 0 Å². The maximum Gasteiger partial charge on any atom is 0.0493 e. The smallest absolute Gasteiger partial charge is 0.0493 e. The first-order chi connectivity index (χ1) is 28.9. The number of anilines is 5. The summed E-state index contributed by atoms with van der Waals surface area (Å²) >= 11 is 1.86. The molecule has 11 rings (SSSR count). The molecule has 2 aliphatic rings. The molecule has 1 aromatic heterocycles. The van der Waals surface area contributed by atoms with Crippen LogP contribution in [0.25, 0.3) is 58.8 Å². The zero-order valence-electron chi connectivity index (χ0n) is 33.2. The molecule has 0 unspecified atom stereocenters. The molecule has 2 heterocycles. The van der Waals surface area contributed by atoms with Gasteiger partial charge in [-0.05, 0) is 129 Å². The molecule has 0 atom stereocenters. The van der Waals surface area contributed by atoms with Crippen LogP contribution in [0.5, 0.6) is 0 Å². The van der Waals surface area contributed by atoms with Gasteiger partial charge in [-0.1, -0.05) is 136 Å². The van der Waals surface area contributed by atoms with Gasteiger partial charge in [0, 0.05) is 66.1 Å². The molecule has 0 amide bonds. The van der Waals surface area contributed by atoms with Crippen LogP contribution in [-0.4, -0.2) is 6.54 Å². The van der Waals surface area contributed by atoms with Crippen molar-refractivity contribution in [2.75, 3.05) is 16.3 Å². The number of para-hydroxylation sites is 1. The Morgan fingerprint density at radius 3 is 2.14 bits per heavy atom. The van der Waals surface area contributed by atoms with Crippen LogP contribution in [0.1, 0.15) is 30.5 Å². The molecular weight excluding hydrogens is 733 g/mol. The number of thiophene rings is 1. The number of nitrogens with zero attached hydrogens (tertiary/aromatic N) is 2. The van der Waals surface area contributed by atoms with Gasteiger partial charge in [-0.15, -0.1) is 11.3 Å². The molecule has 0 radical (unpaired) electrons. The van der Waals surface area contributed by atoms with Crippen LogP contribution >= 0.6 is 11.3 Å². The third-order valence-electron chi connectivity index (χ3n) is 12.4. The van der Waals surface area contributed by atoms with Gasteiger partial charge in [0.25, 0.3) is 0 Å². The second-order valence-corrected chi connectivity index (χ2v) is 17.3. The highest BCUT2D eigenvalue weighted by Gasteiger charge is 2.35. The largest absolute Gasteiger partial charge is 0.337 e. The topological polar surface area (TPSA) is 6.48 Å².